The smallest absolute Gasteiger partial charge is 0.341 e. The number of nitrogens with one attached hydrogen (secondary N) is 1. The monoisotopic (exact) mass is 445 g/mol. The van der Waals surface area contributed by atoms with Crippen molar-refractivity contribution in [2.45, 2.75) is 31.4 Å². The third-order valence-electron chi connectivity index (χ3n) is 4.67. The van der Waals surface area contributed by atoms with Crippen molar-refractivity contribution in [3.05, 3.63) is 47.4 Å². The number of pyridine rings is 1. The van der Waals surface area contributed by atoms with Crippen LogP contribution in [0.15, 0.2) is 24.4 Å². The van der Waals surface area contributed by atoms with Crippen molar-refractivity contribution in [2.24, 2.45) is 7.05 Å². The van der Waals surface area contributed by atoms with Crippen LogP contribution >= 0.6 is 0 Å². The molecule has 0 radical (unpaired) electrons. The zero-order chi connectivity index (χ0) is 22.6. The number of nitrogens with zero attached hydrogens (tertiary/aromatic N) is 6. The van der Waals surface area contributed by atoms with Gasteiger partial charge in [0.1, 0.15) is 5.69 Å². The van der Waals surface area contributed by atoms with Crippen molar-refractivity contribution < 1.29 is 31.1 Å². The summed E-state index contributed by atoms with van der Waals surface area (Å²) in [4.78, 5) is 19.0. The van der Waals surface area contributed by atoms with Crippen LogP contribution in [0.5, 0.6) is 0 Å². The first-order valence-electron chi connectivity index (χ1n) is 8.84. The maximum atomic E-state index is 12.9. The van der Waals surface area contributed by atoms with Gasteiger partial charge in [-0.25, -0.2) is 4.68 Å². The van der Waals surface area contributed by atoms with Gasteiger partial charge in [-0.2, -0.15) is 36.4 Å². The molecule has 3 aromatic heterocycles. The predicted octanol–water partition coefficient (Wildman–Crippen LogP) is 2.99. The normalized spacial score (nSPS) is 16.4. The molecule has 0 bridgehead atoms. The van der Waals surface area contributed by atoms with Crippen molar-refractivity contribution in [3.8, 4) is 11.3 Å². The van der Waals surface area contributed by atoms with Gasteiger partial charge in [0.15, 0.2) is 0 Å². The van der Waals surface area contributed by atoms with Crippen LogP contribution in [0.4, 0.5) is 26.3 Å². The van der Waals surface area contributed by atoms with E-state index < -0.39 is 41.6 Å². The quantitative estimate of drug-likeness (QED) is 0.626. The maximum Gasteiger partial charge on any atom is 0.453 e. The van der Waals surface area contributed by atoms with Gasteiger partial charge in [0.2, 0.25) is 5.82 Å². The first-order valence-corrected chi connectivity index (χ1v) is 8.84. The lowest BCUT2D eigenvalue weighted by atomic mass is 10.1. The highest BCUT2D eigenvalue weighted by Crippen LogP contribution is 2.33. The van der Waals surface area contributed by atoms with Gasteiger partial charge >= 0.3 is 12.4 Å². The highest BCUT2D eigenvalue weighted by atomic mass is 19.4. The van der Waals surface area contributed by atoms with E-state index in [1.807, 2.05) is 0 Å². The molecule has 4 heterocycles. The fourth-order valence-corrected chi connectivity index (χ4v) is 3.25. The van der Waals surface area contributed by atoms with E-state index in [0.717, 1.165) is 24.0 Å². The molecule has 31 heavy (non-hydrogen) atoms. The molecule has 0 saturated carbocycles. The summed E-state index contributed by atoms with van der Waals surface area (Å²) in [7, 11) is 1.16. The Morgan fingerprint density at radius 3 is 2.52 bits per heavy atom. The van der Waals surface area contributed by atoms with Gasteiger partial charge in [-0.1, -0.05) is 0 Å². The number of aryl methyl sites for hydroxylation is 2. The molecule has 4 rings (SSSR count). The number of alkyl halides is 6. The van der Waals surface area contributed by atoms with Gasteiger partial charge in [-0.3, -0.25) is 14.5 Å². The standard InChI is InChI=1S/C17H13F6N7O/c1-29-13(26-15(28-29)17(21,22)23)14(31)25-9-3-5-30-11(9)7-10(27-30)8-2-4-24-12(6-8)16(18,19)20/h2,4,6-7,9H,3,5H2,1H3,(H,25,31). The Labute approximate surface area is 169 Å². The molecule has 1 aliphatic heterocycles. The van der Waals surface area contributed by atoms with Crippen LogP contribution in [0.3, 0.4) is 0 Å². The zero-order valence-corrected chi connectivity index (χ0v) is 15.7. The van der Waals surface area contributed by atoms with Gasteiger partial charge in [-0.15, -0.1) is 5.10 Å². The number of carbonyl (C=O) groups excluding carboxylic acids is 1. The fraction of sp³-hybridized carbons (Fsp3) is 0.353. The van der Waals surface area contributed by atoms with Crippen LogP contribution < -0.4 is 5.32 Å². The topological polar surface area (TPSA) is 90.5 Å². The molecule has 0 aliphatic carbocycles. The number of fused-ring (bicyclic) bond motifs is 1. The number of hydrogen-bond acceptors (Lipinski definition) is 5. The average Bonchev–Trinajstić information content (AvgIpc) is 3.36. The average molecular weight is 445 g/mol. The Morgan fingerprint density at radius 2 is 1.87 bits per heavy atom. The molecule has 14 heteroatoms. The van der Waals surface area contributed by atoms with Crippen LogP contribution in [0, 0.1) is 0 Å². The summed E-state index contributed by atoms with van der Waals surface area (Å²) in [6.07, 6.45) is -7.98. The van der Waals surface area contributed by atoms with E-state index >= 15 is 0 Å². The molecule has 1 amide bonds. The summed E-state index contributed by atoms with van der Waals surface area (Å²) in [5, 5.41) is 10.0. The number of halogens is 6. The zero-order valence-electron chi connectivity index (χ0n) is 15.7. The minimum Gasteiger partial charge on any atom is -0.341 e. The Hall–Kier alpha value is -3.45. The molecule has 3 aromatic rings. The van der Waals surface area contributed by atoms with E-state index in [9.17, 15) is 31.1 Å². The van der Waals surface area contributed by atoms with E-state index in [1.54, 1.807) is 0 Å². The van der Waals surface area contributed by atoms with Crippen LogP contribution in [0.25, 0.3) is 11.3 Å². The molecule has 8 nitrogen and oxygen atoms in total. The summed E-state index contributed by atoms with van der Waals surface area (Å²) < 4.78 is 79.2. The van der Waals surface area contributed by atoms with Gasteiger partial charge in [-0.05, 0) is 24.6 Å². The van der Waals surface area contributed by atoms with Crippen molar-refractivity contribution >= 4 is 5.91 Å². The van der Waals surface area contributed by atoms with Crippen molar-refractivity contribution in [3.63, 3.8) is 0 Å². The minimum absolute atomic E-state index is 0.192. The Morgan fingerprint density at radius 1 is 1.13 bits per heavy atom. The number of hydrogen-bond donors (Lipinski definition) is 1. The van der Waals surface area contributed by atoms with Crippen LogP contribution in [-0.2, 0) is 25.9 Å². The van der Waals surface area contributed by atoms with Gasteiger partial charge < -0.3 is 5.32 Å². The lowest BCUT2D eigenvalue weighted by Gasteiger charge is -2.11. The molecule has 0 fully saturated rings. The highest BCUT2D eigenvalue weighted by molar-refractivity contribution is 5.91. The second-order valence-electron chi connectivity index (χ2n) is 6.80. The van der Waals surface area contributed by atoms with E-state index in [1.165, 1.54) is 16.8 Å². The van der Waals surface area contributed by atoms with Gasteiger partial charge in [0.25, 0.3) is 11.7 Å². The SMILES string of the molecule is Cn1nc(C(F)(F)F)nc1C(=O)NC1CCn2nc(-c3ccnc(C(F)(F)F)c3)cc21. The summed E-state index contributed by atoms with van der Waals surface area (Å²) >= 11 is 0. The van der Waals surface area contributed by atoms with E-state index in [0.29, 0.717) is 18.7 Å². The van der Waals surface area contributed by atoms with Gasteiger partial charge in [0, 0.05) is 25.4 Å². The van der Waals surface area contributed by atoms with Crippen molar-refractivity contribution in [2.75, 3.05) is 0 Å². The molecule has 0 saturated heterocycles. The lowest BCUT2D eigenvalue weighted by molar-refractivity contribution is -0.145. The van der Waals surface area contributed by atoms with E-state index in [4.69, 9.17) is 0 Å². The molecule has 0 spiro atoms. The Bertz CT molecular complexity index is 1150. The molecule has 1 atom stereocenters. The number of aromatic nitrogens is 6. The minimum atomic E-state index is -4.79. The summed E-state index contributed by atoms with van der Waals surface area (Å²) in [5.74, 6) is -2.82. The second kappa shape index (κ2) is 7.06. The van der Waals surface area contributed by atoms with Crippen LogP contribution in [-0.4, -0.2) is 35.4 Å². The maximum absolute atomic E-state index is 12.9. The number of rotatable bonds is 3. The van der Waals surface area contributed by atoms with E-state index in [-0.39, 0.29) is 11.3 Å². The third kappa shape index (κ3) is 3.96. The lowest BCUT2D eigenvalue weighted by Crippen LogP contribution is -2.29. The van der Waals surface area contributed by atoms with Gasteiger partial charge in [0.05, 0.1) is 17.4 Å². The molecule has 1 unspecified atom stereocenters. The van der Waals surface area contributed by atoms with Crippen molar-refractivity contribution in [1.82, 2.24) is 34.8 Å². The Kier molecular flexibility index (Phi) is 4.74. The molecular weight excluding hydrogens is 432 g/mol. The number of amides is 1. The summed E-state index contributed by atoms with van der Waals surface area (Å²) in [5.41, 5.74) is -0.116. The molecule has 0 aromatic carbocycles. The molecule has 1 N–H and O–H groups in total. The first kappa shape index (κ1) is 20.8. The number of carbonyl (C=O) groups is 1. The second-order valence-corrected chi connectivity index (χ2v) is 6.80. The highest BCUT2D eigenvalue weighted by Gasteiger charge is 2.38. The van der Waals surface area contributed by atoms with Crippen molar-refractivity contribution in [1.29, 1.82) is 0 Å². The first-order chi connectivity index (χ1) is 14.4. The van der Waals surface area contributed by atoms with Crippen LogP contribution in [0.1, 0.15) is 40.3 Å². The van der Waals surface area contributed by atoms with Crippen LogP contribution in [0.2, 0.25) is 0 Å². The predicted molar refractivity (Wildman–Crippen MR) is 91.3 cm³/mol. The summed E-state index contributed by atoms with van der Waals surface area (Å²) in [6.45, 7) is 0.365. The molecule has 1 aliphatic rings. The molecule has 164 valence electrons. The Balaban J connectivity index is 1.56. The fourth-order valence-electron chi connectivity index (χ4n) is 3.25. The molecular formula is C17H13F6N7O. The largest absolute Gasteiger partial charge is 0.453 e. The van der Waals surface area contributed by atoms with E-state index in [2.05, 4.69) is 25.5 Å². The third-order valence-corrected chi connectivity index (χ3v) is 4.67. The summed E-state index contributed by atoms with van der Waals surface area (Å²) in [6, 6.07) is 3.15.